The normalized spacial score (nSPS) is 18.4. The third kappa shape index (κ3) is 3.22. The predicted octanol–water partition coefficient (Wildman–Crippen LogP) is 3.70. The Morgan fingerprint density at radius 1 is 0.958 bits per heavy atom. The monoisotopic (exact) mass is 343 g/mol. The van der Waals surface area contributed by atoms with Crippen molar-refractivity contribution < 1.29 is 13.2 Å². The van der Waals surface area contributed by atoms with Gasteiger partial charge in [0.1, 0.15) is 6.04 Å². The average molecular weight is 343 g/mol. The second kappa shape index (κ2) is 6.77. The summed E-state index contributed by atoms with van der Waals surface area (Å²) in [5.74, 6) is 0.000731. The van der Waals surface area contributed by atoms with Crippen LogP contribution in [-0.4, -0.2) is 20.2 Å². The minimum Gasteiger partial charge on any atom is -0.297 e. The maximum Gasteiger partial charge on any atom is 0.264 e. The highest BCUT2D eigenvalue weighted by molar-refractivity contribution is 7.93. The third-order valence-electron chi connectivity index (χ3n) is 4.39. The van der Waals surface area contributed by atoms with E-state index in [2.05, 4.69) is 0 Å². The molecule has 3 rings (SSSR count). The van der Waals surface area contributed by atoms with Crippen LogP contribution in [0.15, 0.2) is 59.5 Å². The minimum atomic E-state index is -3.79. The van der Waals surface area contributed by atoms with Crippen LogP contribution in [0.4, 0.5) is 5.69 Å². The number of ketones is 1. The van der Waals surface area contributed by atoms with Gasteiger partial charge in [-0.1, -0.05) is 42.3 Å². The number of carbonyl (C=O) groups is 1. The summed E-state index contributed by atoms with van der Waals surface area (Å²) >= 11 is 0. The second-order valence-corrected chi connectivity index (χ2v) is 7.99. The van der Waals surface area contributed by atoms with Crippen LogP contribution in [0.5, 0.6) is 0 Å². The number of anilines is 1. The molecule has 1 unspecified atom stereocenters. The van der Waals surface area contributed by atoms with Gasteiger partial charge in [0.2, 0.25) is 0 Å². The largest absolute Gasteiger partial charge is 0.297 e. The second-order valence-electron chi connectivity index (χ2n) is 6.18. The molecule has 0 amide bonds. The first-order valence-electron chi connectivity index (χ1n) is 8.19. The first-order chi connectivity index (χ1) is 11.5. The number of hydrogen-bond acceptors (Lipinski definition) is 3. The van der Waals surface area contributed by atoms with Gasteiger partial charge < -0.3 is 0 Å². The summed E-state index contributed by atoms with van der Waals surface area (Å²) in [5, 5.41) is 0. The lowest BCUT2D eigenvalue weighted by Crippen LogP contribution is -2.46. The van der Waals surface area contributed by atoms with Crippen molar-refractivity contribution in [1.29, 1.82) is 0 Å². The molecule has 5 heteroatoms. The highest BCUT2D eigenvalue weighted by Crippen LogP contribution is 2.31. The Balaban J connectivity index is 2.10. The van der Waals surface area contributed by atoms with E-state index in [9.17, 15) is 13.2 Å². The van der Waals surface area contributed by atoms with Crippen LogP contribution in [0.25, 0.3) is 0 Å². The third-order valence-corrected chi connectivity index (χ3v) is 6.25. The van der Waals surface area contributed by atoms with Crippen molar-refractivity contribution in [3.63, 3.8) is 0 Å². The Labute approximate surface area is 143 Å². The number of sulfonamides is 1. The standard InChI is InChI=1S/C19H21NO3S/c1-15-11-13-17(14-12-15)24(22,23)20(16-7-3-2-4-8-16)18-9-5-6-10-19(18)21/h2-4,7-8,11-14,18H,5-6,9-10H2,1H3. The molecule has 4 nitrogen and oxygen atoms in total. The lowest BCUT2D eigenvalue weighted by atomic mass is 9.94. The quantitative estimate of drug-likeness (QED) is 0.850. The molecule has 24 heavy (non-hydrogen) atoms. The number of Topliss-reactive ketones (excluding diaryl/α,β-unsaturated/α-hetero) is 1. The Kier molecular flexibility index (Phi) is 4.71. The van der Waals surface area contributed by atoms with E-state index >= 15 is 0 Å². The number of aryl methyl sites for hydroxylation is 1. The van der Waals surface area contributed by atoms with Crippen molar-refractivity contribution in [1.82, 2.24) is 0 Å². The van der Waals surface area contributed by atoms with Gasteiger partial charge in [-0.15, -0.1) is 0 Å². The van der Waals surface area contributed by atoms with Crippen LogP contribution >= 0.6 is 0 Å². The molecule has 0 radical (unpaired) electrons. The summed E-state index contributed by atoms with van der Waals surface area (Å²) < 4.78 is 27.8. The van der Waals surface area contributed by atoms with Crippen LogP contribution in [0, 0.1) is 6.92 Å². The molecule has 1 fully saturated rings. The molecule has 0 heterocycles. The van der Waals surface area contributed by atoms with Crippen molar-refractivity contribution in [3.8, 4) is 0 Å². The lowest BCUT2D eigenvalue weighted by molar-refractivity contribution is -0.121. The molecule has 0 spiro atoms. The first-order valence-corrected chi connectivity index (χ1v) is 9.63. The van der Waals surface area contributed by atoms with E-state index < -0.39 is 16.1 Å². The smallest absolute Gasteiger partial charge is 0.264 e. The zero-order chi connectivity index (χ0) is 17.2. The zero-order valence-corrected chi connectivity index (χ0v) is 14.5. The maximum absolute atomic E-state index is 13.3. The van der Waals surface area contributed by atoms with E-state index in [1.807, 2.05) is 13.0 Å². The Morgan fingerprint density at radius 3 is 2.25 bits per heavy atom. The van der Waals surface area contributed by atoms with Gasteiger partial charge in [-0.3, -0.25) is 9.10 Å². The van der Waals surface area contributed by atoms with Crippen LogP contribution in [0.3, 0.4) is 0 Å². The summed E-state index contributed by atoms with van der Waals surface area (Å²) in [6.45, 7) is 1.91. The lowest BCUT2D eigenvalue weighted by Gasteiger charge is -2.34. The van der Waals surface area contributed by atoms with Gasteiger partial charge >= 0.3 is 0 Å². The molecule has 2 aromatic rings. The summed E-state index contributed by atoms with van der Waals surface area (Å²) in [6.07, 6.45) is 2.71. The molecule has 0 bridgehead atoms. The van der Waals surface area contributed by atoms with Gasteiger partial charge in [-0.25, -0.2) is 8.42 Å². The average Bonchev–Trinajstić information content (AvgIpc) is 2.58. The van der Waals surface area contributed by atoms with Gasteiger partial charge in [0.25, 0.3) is 10.0 Å². The molecular weight excluding hydrogens is 322 g/mol. The van der Waals surface area contributed by atoms with E-state index in [4.69, 9.17) is 0 Å². The number of para-hydroxylation sites is 1. The number of hydrogen-bond donors (Lipinski definition) is 0. The fraction of sp³-hybridized carbons (Fsp3) is 0.316. The van der Waals surface area contributed by atoms with Crippen LogP contribution in [0.1, 0.15) is 31.2 Å². The fourth-order valence-corrected chi connectivity index (χ4v) is 4.76. The van der Waals surface area contributed by atoms with Crippen molar-refractivity contribution in [3.05, 3.63) is 60.2 Å². The molecule has 0 aromatic heterocycles. The molecule has 0 saturated heterocycles. The molecule has 0 aliphatic heterocycles. The van der Waals surface area contributed by atoms with Crippen LogP contribution in [0.2, 0.25) is 0 Å². The van der Waals surface area contributed by atoms with Crippen molar-refractivity contribution in [2.75, 3.05) is 4.31 Å². The predicted molar refractivity (Wildman–Crippen MR) is 94.5 cm³/mol. The molecule has 2 aromatic carbocycles. The summed E-state index contributed by atoms with van der Waals surface area (Å²) in [4.78, 5) is 12.7. The van der Waals surface area contributed by atoms with Crippen LogP contribution in [-0.2, 0) is 14.8 Å². The zero-order valence-electron chi connectivity index (χ0n) is 13.7. The van der Waals surface area contributed by atoms with Gasteiger partial charge in [0.05, 0.1) is 10.6 Å². The number of carbonyl (C=O) groups excluding carboxylic acids is 1. The van der Waals surface area contributed by atoms with E-state index in [-0.39, 0.29) is 10.7 Å². The molecule has 126 valence electrons. The van der Waals surface area contributed by atoms with E-state index in [1.54, 1.807) is 48.5 Å². The Hall–Kier alpha value is -2.14. The van der Waals surface area contributed by atoms with Crippen LogP contribution < -0.4 is 4.31 Å². The van der Waals surface area contributed by atoms with Crippen molar-refractivity contribution in [2.24, 2.45) is 0 Å². The summed E-state index contributed by atoms with van der Waals surface area (Å²) in [5.41, 5.74) is 1.53. The first kappa shape index (κ1) is 16.7. The highest BCUT2D eigenvalue weighted by Gasteiger charge is 2.36. The maximum atomic E-state index is 13.3. The Morgan fingerprint density at radius 2 is 1.62 bits per heavy atom. The molecule has 1 aliphatic rings. The van der Waals surface area contributed by atoms with Gasteiger partial charge in [-0.05, 0) is 44.0 Å². The highest BCUT2D eigenvalue weighted by atomic mass is 32.2. The van der Waals surface area contributed by atoms with E-state index in [0.717, 1.165) is 18.4 Å². The number of rotatable bonds is 4. The SMILES string of the molecule is Cc1ccc(S(=O)(=O)N(c2ccccc2)C2CCCCC2=O)cc1. The number of benzene rings is 2. The van der Waals surface area contributed by atoms with E-state index in [1.165, 1.54) is 4.31 Å². The van der Waals surface area contributed by atoms with E-state index in [0.29, 0.717) is 18.5 Å². The summed E-state index contributed by atoms with van der Waals surface area (Å²) in [6, 6.07) is 15.1. The molecule has 1 saturated carbocycles. The Bertz CT molecular complexity index is 813. The molecular formula is C19H21NO3S. The summed E-state index contributed by atoms with van der Waals surface area (Å²) in [7, 11) is -3.79. The minimum absolute atomic E-state index is 0.000731. The molecule has 1 atom stereocenters. The fourth-order valence-electron chi connectivity index (χ4n) is 3.10. The van der Waals surface area contributed by atoms with Gasteiger partial charge in [-0.2, -0.15) is 0 Å². The van der Waals surface area contributed by atoms with Crippen molar-refractivity contribution >= 4 is 21.5 Å². The van der Waals surface area contributed by atoms with Crippen molar-refractivity contribution in [2.45, 2.75) is 43.5 Å². The molecule has 0 N–H and O–H groups in total. The topological polar surface area (TPSA) is 54.5 Å². The molecule has 1 aliphatic carbocycles. The van der Waals surface area contributed by atoms with Gasteiger partial charge in [0, 0.05) is 6.42 Å². The number of nitrogens with zero attached hydrogens (tertiary/aromatic N) is 1. The van der Waals surface area contributed by atoms with Gasteiger partial charge in [0.15, 0.2) is 5.78 Å².